The Morgan fingerprint density at radius 1 is 0.404 bits per heavy atom. The van der Waals surface area contributed by atoms with Gasteiger partial charge in [-0.2, -0.15) is 0 Å². The average molecular weight is 729 g/mol. The van der Waals surface area contributed by atoms with Gasteiger partial charge in [0, 0.05) is 28.7 Å². The van der Waals surface area contributed by atoms with Crippen molar-refractivity contribution >= 4 is 38.9 Å². The van der Waals surface area contributed by atoms with Gasteiger partial charge in [0.05, 0.1) is 5.41 Å². The highest BCUT2D eigenvalue weighted by Crippen LogP contribution is 2.57. The summed E-state index contributed by atoms with van der Waals surface area (Å²) >= 11 is 0. The van der Waals surface area contributed by atoms with Gasteiger partial charge >= 0.3 is 0 Å². The van der Waals surface area contributed by atoms with Crippen LogP contribution in [0.25, 0.3) is 55.6 Å². The van der Waals surface area contributed by atoms with Crippen molar-refractivity contribution in [2.24, 2.45) is 0 Å². The number of benzene rings is 9. The van der Waals surface area contributed by atoms with Crippen molar-refractivity contribution in [2.45, 2.75) is 5.41 Å². The molecule has 0 amide bonds. The van der Waals surface area contributed by atoms with Gasteiger partial charge in [-0.1, -0.05) is 164 Å². The van der Waals surface area contributed by atoms with E-state index in [-0.39, 0.29) is 0 Å². The van der Waals surface area contributed by atoms with Crippen molar-refractivity contribution in [3.63, 3.8) is 0 Å². The van der Waals surface area contributed by atoms with Crippen LogP contribution in [0.1, 0.15) is 22.3 Å². The van der Waals surface area contributed by atoms with E-state index in [1.807, 2.05) is 30.3 Å². The van der Waals surface area contributed by atoms with E-state index in [2.05, 4.69) is 193 Å². The van der Waals surface area contributed by atoms with Crippen molar-refractivity contribution in [1.29, 1.82) is 0 Å². The van der Waals surface area contributed by atoms with Gasteiger partial charge in [-0.05, 0) is 104 Å². The molecule has 0 aliphatic heterocycles. The summed E-state index contributed by atoms with van der Waals surface area (Å²) < 4.78 is 6.46. The number of hydrogen-bond donors (Lipinski definition) is 0. The minimum Gasteiger partial charge on any atom is -0.436 e. The van der Waals surface area contributed by atoms with Crippen molar-refractivity contribution in [3.8, 4) is 33.7 Å². The third-order valence-corrected chi connectivity index (χ3v) is 11.6. The molecule has 3 heteroatoms. The van der Waals surface area contributed by atoms with Crippen molar-refractivity contribution in [2.75, 3.05) is 4.90 Å². The quantitative estimate of drug-likeness (QED) is 0.164. The van der Waals surface area contributed by atoms with Gasteiger partial charge in [-0.25, -0.2) is 4.98 Å². The maximum atomic E-state index is 6.46. The molecule has 1 aliphatic carbocycles. The number of oxazole rings is 1. The van der Waals surface area contributed by atoms with E-state index in [0.29, 0.717) is 5.89 Å². The molecule has 1 aromatic heterocycles. The summed E-state index contributed by atoms with van der Waals surface area (Å²) in [7, 11) is 0. The zero-order valence-electron chi connectivity index (χ0n) is 31.1. The van der Waals surface area contributed by atoms with Gasteiger partial charge < -0.3 is 9.32 Å². The van der Waals surface area contributed by atoms with Crippen LogP contribution >= 0.6 is 0 Å². The fourth-order valence-corrected chi connectivity index (χ4v) is 9.04. The molecule has 1 aliphatic rings. The van der Waals surface area contributed by atoms with Gasteiger partial charge in [-0.3, -0.25) is 0 Å². The lowest BCUT2D eigenvalue weighted by Crippen LogP contribution is -2.28. The van der Waals surface area contributed by atoms with Gasteiger partial charge in [0.2, 0.25) is 5.89 Å². The molecule has 0 radical (unpaired) electrons. The topological polar surface area (TPSA) is 29.3 Å². The minimum atomic E-state index is -0.520. The molecule has 0 unspecified atom stereocenters. The standard InChI is InChI=1S/C54H36N2O/c1-4-16-39(17-5-1)53-55-51-34-32-44(36-52(51)57-53)56(42-29-27-38(28-30-42)46-25-14-18-37-15-10-11-23-45(37)46)43-31-33-48-47-24-12-13-26-49(47)54(50(48)35-43,40-19-6-2-7-20-40)41-21-8-3-9-22-41/h1-36H. The summed E-state index contributed by atoms with van der Waals surface area (Å²) in [5.74, 6) is 0.611. The van der Waals surface area contributed by atoms with Crippen LogP contribution in [0.15, 0.2) is 223 Å². The highest BCUT2D eigenvalue weighted by molar-refractivity contribution is 5.97. The van der Waals surface area contributed by atoms with Crippen LogP contribution in [0.4, 0.5) is 17.1 Å². The normalized spacial score (nSPS) is 12.7. The highest BCUT2D eigenvalue weighted by Gasteiger charge is 2.46. The number of rotatable bonds is 7. The molecule has 0 N–H and O–H groups in total. The van der Waals surface area contributed by atoms with Crippen LogP contribution < -0.4 is 4.90 Å². The lowest BCUT2D eigenvalue weighted by molar-refractivity contribution is 0.620. The highest BCUT2D eigenvalue weighted by atomic mass is 16.3. The molecular formula is C54H36N2O. The number of aromatic nitrogens is 1. The van der Waals surface area contributed by atoms with Gasteiger partial charge in [0.25, 0.3) is 0 Å². The van der Waals surface area contributed by atoms with Gasteiger partial charge in [-0.15, -0.1) is 0 Å². The maximum absolute atomic E-state index is 6.46. The molecule has 268 valence electrons. The molecule has 9 aromatic carbocycles. The molecule has 10 aromatic rings. The first-order valence-electron chi connectivity index (χ1n) is 19.5. The Balaban J connectivity index is 1.12. The minimum absolute atomic E-state index is 0.520. The molecule has 0 spiro atoms. The van der Waals surface area contributed by atoms with Crippen molar-refractivity contribution < 1.29 is 4.42 Å². The molecule has 3 nitrogen and oxygen atoms in total. The third-order valence-electron chi connectivity index (χ3n) is 11.6. The number of anilines is 3. The second kappa shape index (κ2) is 13.4. The summed E-state index contributed by atoms with van der Waals surface area (Å²) in [6.45, 7) is 0. The van der Waals surface area contributed by atoms with Crippen LogP contribution in [-0.2, 0) is 5.41 Å². The smallest absolute Gasteiger partial charge is 0.227 e. The predicted molar refractivity (Wildman–Crippen MR) is 234 cm³/mol. The van der Waals surface area contributed by atoms with Crippen LogP contribution in [0, 0.1) is 0 Å². The SMILES string of the molecule is c1ccc(-c2nc3ccc(N(c4ccc(-c5cccc6ccccc56)cc4)c4ccc5c(c4)C(c4ccccc4)(c4ccccc4)c4ccccc4-5)cc3o2)cc1. The van der Waals surface area contributed by atoms with E-state index in [9.17, 15) is 0 Å². The maximum Gasteiger partial charge on any atom is 0.227 e. The number of hydrogen-bond acceptors (Lipinski definition) is 3. The first kappa shape index (κ1) is 32.9. The summed E-state index contributed by atoms with van der Waals surface area (Å²) in [5, 5.41) is 2.47. The lowest BCUT2D eigenvalue weighted by atomic mass is 9.67. The van der Waals surface area contributed by atoms with Gasteiger partial charge in [0.15, 0.2) is 5.58 Å². The molecule has 57 heavy (non-hydrogen) atoms. The predicted octanol–water partition coefficient (Wildman–Crippen LogP) is 14.1. The van der Waals surface area contributed by atoms with Gasteiger partial charge in [0.1, 0.15) is 5.52 Å². The first-order chi connectivity index (χ1) is 28.3. The molecular weight excluding hydrogens is 693 g/mol. The Bertz CT molecular complexity index is 3020. The summed E-state index contributed by atoms with van der Waals surface area (Å²) in [5.41, 5.74) is 15.0. The molecule has 11 rings (SSSR count). The second-order valence-electron chi connectivity index (χ2n) is 14.7. The molecule has 0 fully saturated rings. The van der Waals surface area contributed by atoms with E-state index in [1.54, 1.807) is 0 Å². The second-order valence-corrected chi connectivity index (χ2v) is 14.7. The molecule has 1 heterocycles. The monoisotopic (exact) mass is 728 g/mol. The average Bonchev–Trinajstić information content (AvgIpc) is 3.85. The summed E-state index contributed by atoms with van der Waals surface area (Å²) in [6.07, 6.45) is 0. The number of fused-ring (bicyclic) bond motifs is 5. The largest absolute Gasteiger partial charge is 0.436 e. The van der Waals surface area contributed by atoms with Crippen molar-refractivity contribution in [3.05, 3.63) is 241 Å². The van der Waals surface area contributed by atoms with Crippen LogP contribution in [0.3, 0.4) is 0 Å². The third kappa shape index (κ3) is 5.32. The van der Waals surface area contributed by atoms with E-state index < -0.39 is 5.41 Å². The van der Waals surface area contributed by atoms with E-state index in [0.717, 1.165) is 33.7 Å². The Morgan fingerprint density at radius 2 is 0.982 bits per heavy atom. The Kier molecular flexibility index (Phi) is 7.71. The van der Waals surface area contributed by atoms with E-state index in [4.69, 9.17) is 9.40 Å². The van der Waals surface area contributed by atoms with Crippen molar-refractivity contribution in [1.82, 2.24) is 4.98 Å². The fourth-order valence-electron chi connectivity index (χ4n) is 9.04. The molecule has 0 saturated heterocycles. The van der Waals surface area contributed by atoms with Crippen LogP contribution in [-0.4, -0.2) is 4.98 Å². The van der Waals surface area contributed by atoms with E-state index >= 15 is 0 Å². The Labute approximate surface area is 331 Å². The molecule has 0 bridgehead atoms. The van der Waals surface area contributed by atoms with E-state index in [1.165, 1.54) is 55.3 Å². The Hall–Kier alpha value is -7.49. The van der Waals surface area contributed by atoms with Crippen LogP contribution in [0.5, 0.6) is 0 Å². The van der Waals surface area contributed by atoms with Crippen LogP contribution in [0.2, 0.25) is 0 Å². The Morgan fingerprint density at radius 3 is 1.75 bits per heavy atom. The lowest BCUT2D eigenvalue weighted by Gasteiger charge is -2.35. The fraction of sp³-hybridized carbons (Fsp3) is 0.0185. The summed E-state index contributed by atoms with van der Waals surface area (Å²) in [6, 6.07) is 78.3. The first-order valence-corrected chi connectivity index (χ1v) is 19.5. The zero-order valence-corrected chi connectivity index (χ0v) is 31.1. The summed E-state index contributed by atoms with van der Waals surface area (Å²) in [4.78, 5) is 7.22. The number of nitrogens with zero attached hydrogens (tertiary/aromatic N) is 2. The zero-order chi connectivity index (χ0) is 37.8. The molecule has 0 atom stereocenters. The molecule has 0 saturated carbocycles.